The number of hydrogen-bond acceptors (Lipinski definition) is 10. The Bertz CT molecular complexity index is 968. The molecule has 0 amide bonds. The van der Waals surface area contributed by atoms with Gasteiger partial charge in [0.25, 0.3) is 0 Å². The molecule has 3 heterocycles. The summed E-state index contributed by atoms with van der Waals surface area (Å²) in [5.74, 6) is -0.407. The van der Waals surface area contributed by atoms with Crippen LogP contribution in [0.15, 0.2) is 24.5 Å². The van der Waals surface area contributed by atoms with Crippen molar-refractivity contribution >= 4 is 22.9 Å². The Kier molecular flexibility index (Phi) is 7.10. The lowest BCUT2D eigenvalue weighted by atomic mass is 9.83. The normalized spacial score (nSPS) is 18.9. The number of benzene rings is 1. The number of nitrogens with zero attached hydrogens (tertiary/aromatic N) is 4. The van der Waals surface area contributed by atoms with Crippen LogP contribution >= 0.6 is 0 Å². The number of morpholine rings is 2. The summed E-state index contributed by atoms with van der Waals surface area (Å²) in [6.07, 6.45) is 2.77. The van der Waals surface area contributed by atoms with Crippen molar-refractivity contribution in [1.29, 1.82) is 0 Å². The van der Waals surface area contributed by atoms with Crippen molar-refractivity contribution < 1.29 is 19.1 Å². The fourth-order valence-electron chi connectivity index (χ4n) is 4.67. The smallest absolute Gasteiger partial charge is 0.198 e. The summed E-state index contributed by atoms with van der Waals surface area (Å²) in [6, 6.07) is 3.78. The number of hydrogen-bond donors (Lipinski definition) is 2. The number of carbonyl (C=O) groups excluding carboxylic acids is 2. The first kappa shape index (κ1) is 22.9. The van der Waals surface area contributed by atoms with Gasteiger partial charge in [-0.1, -0.05) is 0 Å². The first-order valence-corrected chi connectivity index (χ1v) is 11.9. The number of ether oxygens (including phenoxy) is 2. The molecule has 3 aliphatic rings. The number of aromatic nitrogens is 2. The minimum absolute atomic E-state index is 0.204. The van der Waals surface area contributed by atoms with Crippen LogP contribution in [0.2, 0.25) is 0 Å². The number of carbonyl (C=O) groups is 2. The Balaban J connectivity index is 1.37. The predicted molar refractivity (Wildman–Crippen MR) is 127 cm³/mol. The molecular formula is C24H30N6O4. The van der Waals surface area contributed by atoms with E-state index in [0.717, 1.165) is 65.7 Å². The van der Waals surface area contributed by atoms with Gasteiger partial charge in [0, 0.05) is 63.7 Å². The second-order valence-corrected chi connectivity index (χ2v) is 8.65. The third kappa shape index (κ3) is 4.80. The number of rotatable bonds is 8. The maximum Gasteiger partial charge on any atom is 0.198 e. The second-order valence-electron chi connectivity index (χ2n) is 8.65. The van der Waals surface area contributed by atoms with E-state index in [4.69, 9.17) is 9.47 Å². The summed E-state index contributed by atoms with van der Waals surface area (Å²) in [5, 5.41) is 14.5. The monoisotopic (exact) mass is 466 g/mol. The number of fused-ring (bicyclic) bond motifs is 2. The Morgan fingerprint density at radius 2 is 1.12 bits per heavy atom. The van der Waals surface area contributed by atoms with Gasteiger partial charge in [0.1, 0.15) is 0 Å². The van der Waals surface area contributed by atoms with Crippen LogP contribution in [0.25, 0.3) is 0 Å². The summed E-state index contributed by atoms with van der Waals surface area (Å²) in [7, 11) is 0. The summed E-state index contributed by atoms with van der Waals surface area (Å²) < 4.78 is 10.8. The highest BCUT2D eigenvalue weighted by Gasteiger charge is 2.34. The highest BCUT2D eigenvalue weighted by molar-refractivity contribution is 6.31. The van der Waals surface area contributed by atoms with Crippen LogP contribution in [0.3, 0.4) is 0 Å². The molecule has 10 heteroatoms. The van der Waals surface area contributed by atoms with Crippen molar-refractivity contribution in [2.45, 2.75) is 0 Å². The summed E-state index contributed by atoms with van der Waals surface area (Å²) >= 11 is 0. The zero-order chi connectivity index (χ0) is 23.3. The third-order valence-electron chi connectivity index (χ3n) is 6.57. The van der Waals surface area contributed by atoms with E-state index < -0.39 is 0 Å². The summed E-state index contributed by atoms with van der Waals surface area (Å²) in [5.41, 5.74) is 2.75. The van der Waals surface area contributed by atoms with Crippen LogP contribution in [-0.2, 0) is 9.47 Å². The van der Waals surface area contributed by atoms with Gasteiger partial charge in [-0.15, -0.1) is 0 Å². The molecule has 0 saturated carbocycles. The van der Waals surface area contributed by atoms with Gasteiger partial charge >= 0.3 is 0 Å². The zero-order valence-electron chi connectivity index (χ0n) is 19.2. The molecule has 2 N–H and O–H groups in total. The van der Waals surface area contributed by atoms with Crippen molar-refractivity contribution in [3.05, 3.63) is 46.8 Å². The largest absolute Gasteiger partial charge is 0.383 e. The Morgan fingerprint density at radius 1 is 0.706 bits per heavy atom. The molecule has 34 heavy (non-hydrogen) atoms. The van der Waals surface area contributed by atoms with E-state index in [9.17, 15) is 9.59 Å². The average Bonchev–Trinajstić information content (AvgIpc) is 2.89. The fraction of sp³-hybridized carbons (Fsp3) is 0.500. The Labute approximate surface area is 198 Å². The van der Waals surface area contributed by atoms with E-state index in [1.54, 1.807) is 0 Å². The molecule has 0 radical (unpaired) electrons. The number of nitrogens with one attached hydrogen (secondary N) is 2. The van der Waals surface area contributed by atoms with E-state index in [2.05, 4.69) is 30.6 Å². The van der Waals surface area contributed by atoms with Crippen molar-refractivity contribution in [2.75, 3.05) is 89.4 Å². The molecule has 2 saturated heterocycles. The number of ketones is 2. The van der Waals surface area contributed by atoms with Crippen LogP contribution in [0.5, 0.6) is 0 Å². The molecule has 2 aromatic rings. The minimum Gasteiger partial charge on any atom is -0.383 e. The van der Waals surface area contributed by atoms with Gasteiger partial charge in [-0.05, 0) is 12.1 Å². The highest BCUT2D eigenvalue weighted by Crippen LogP contribution is 2.36. The van der Waals surface area contributed by atoms with E-state index in [0.29, 0.717) is 46.7 Å². The van der Waals surface area contributed by atoms with Crippen molar-refractivity contribution in [2.24, 2.45) is 0 Å². The molecule has 1 aromatic heterocycles. The maximum atomic E-state index is 13.5. The standard InChI is InChI=1S/C24H30N6O4/c31-23-17-15-27-28-16-18(17)24(32)22-20(26-4-6-30-9-13-34-14-10-30)2-1-19(21(22)23)25-3-5-29-7-11-33-12-8-29/h1-2,15-16,25-26H,3-14H2. The van der Waals surface area contributed by atoms with Crippen LogP contribution in [0.4, 0.5) is 11.4 Å². The Morgan fingerprint density at radius 3 is 1.53 bits per heavy atom. The number of anilines is 2. The van der Waals surface area contributed by atoms with Crippen molar-refractivity contribution in [3.63, 3.8) is 0 Å². The van der Waals surface area contributed by atoms with Gasteiger partial charge in [0.15, 0.2) is 11.6 Å². The molecule has 5 rings (SSSR count). The molecule has 0 unspecified atom stereocenters. The van der Waals surface area contributed by atoms with E-state index in [1.807, 2.05) is 12.1 Å². The highest BCUT2D eigenvalue weighted by atomic mass is 16.5. The second kappa shape index (κ2) is 10.6. The van der Waals surface area contributed by atoms with Crippen LogP contribution < -0.4 is 10.6 Å². The van der Waals surface area contributed by atoms with Crippen LogP contribution in [0, 0.1) is 0 Å². The van der Waals surface area contributed by atoms with Gasteiger partial charge in [0.2, 0.25) is 0 Å². The zero-order valence-corrected chi connectivity index (χ0v) is 19.2. The first-order chi connectivity index (χ1) is 16.7. The fourth-order valence-corrected chi connectivity index (χ4v) is 4.67. The molecule has 0 spiro atoms. The molecule has 1 aromatic carbocycles. The quantitative estimate of drug-likeness (QED) is 0.493. The average molecular weight is 467 g/mol. The molecule has 2 fully saturated rings. The predicted octanol–water partition coefficient (Wildman–Crippen LogP) is 0.740. The van der Waals surface area contributed by atoms with Gasteiger partial charge in [-0.25, -0.2) is 0 Å². The van der Waals surface area contributed by atoms with Gasteiger partial charge in [-0.2, -0.15) is 10.2 Å². The SMILES string of the molecule is O=C1c2cnncc2C(=O)c2c(NCCN3CCOCC3)ccc(NCCN3CCOCC3)c21. The van der Waals surface area contributed by atoms with Crippen LogP contribution in [-0.4, -0.2) is 110 Å². The molecular weight excluding hydrogens is 436 g/mol. The van der Waals surface area contributed by atoms with Gasteiger partial charge < -0.3 is 20.1 Å². The third-order valence-corrected chi connectivity index (χ3v) is 6.57. The lowest BCUT2D eigenvalue weighted by molar-refractivity contribution is 0.0398. The van der Waals surface area contributed by atoms with Crippen molar-refractivity contribution in [1.82, 2.24) is 20.0 Å². The first-order valence-electron chi connectivity index (χ1n) is 11.9. The lowest BCUT2D eigenvalue weighted by Gasteiger charge is -2.28. The topological polar surface area (TPSA) is 109 Å². The summed E-state index contributed by atoms with van der Waals surface area (Å²) in [6.45, 7) is 9.56. The van der Waals surface area contributed by atoms with Crippen molar-refractivity contribution in [3.8, 4) is 0 Å². The van der Waals surface area contributed by atoms with E-state index in [1.165, 1.54) is 12.4 Å². The molecule has 0 atom stereocenters. The molecule has 10 nitrogen and oxygen atoms in total. The van der Waals surface area contributed by atoms with E-state index in [-0.39, 0.29) is 11.6 Å². The molecule has 0 bridgehead atoms. The summed E-state index contributed by atoms with van der Waals surface area (Å²) in [4.78, 5) is 31.6. The molecule has 1 aliphatic carbocycles. The van der Waals surface area contributed by atoms with Crippen LogP contribution in [0.1, 0.15) is 31.8 Å². The molecule has 2 aliphatic heterocycles. The van der Waals surface area contributed by atoms with Gasteiger partial charge in [-0.3, -0.25) is 19.4 Å². The van der Waals surface area contributed by atoms with Gasteiger partial charge in [0.05, 0.1) is 61.1 Å². The molecule has 180 valence electrons. The Hall–Kier alpha value is -2.92. The van der Waals surface area contributed by atoms with E-state index >= 15 is 0 Å². The maximum absolute atomic E-state index is 13.5. The minimum atomic E-state index is -0.204. The lowest BCUT2D eigenvalue weighted by Crippen LogP contribution is -2.39.